The van der Waals surface area contributed by atoms with E-state index in [0.717, 1.165) is 31.4 Å². The molecule has 0 aliphatic heterocycles. The summed E-state index contributed by atoms with van der Waals surface area (Å²) in [5.74, 6) is -0.371. The number of carbonyl (C=O) groups is 2. The van der Waals surface area contributed by atoms with Crippen LogP contribution in [0, 0.1) is 0 Å². The minimum Gasteiger partial charge on any atom is -0.348 e. The molecule has 5 nitrogen and oxygen atoms in total. The van der Waals surface area contributed by atoms with Crippen molar-refractivity contribution in [3.63, 3.8) is 0 Å². The summed E-state index contributed by atoms with van der Waals surface area (Å²) >= 11 is 0. The van der Waals surface area contributed by atoms with Gasteiger partial charge in [0, 0.05) is 30.5 Å². The standard InChI is InChI=1S/C20H23N3O2/c1-23(17-10-6-3-7-11-17)20(25)15-12-13-21-18(14-15)19(24)22-16-8-4-2-5-9-16/h3,6-7,10-14,16H,2,4-5,8-9H2,1H3,(H,22,24). The summed E-state index contributed by atoms with van der Waals surface area (Å²) < 4.78 is 0. The molecule has 0 saturated heterocycles. The lowest BCUT2D eigenvalue weighted by atomic mass is 9.95. The Morgan fingerprint density at radius 2 is 1.80 bits per heavy atom. The van der Waals surface area contributed by atoms with E-state index in [0.29, 0.717) is 5.56 Å². The molecule has 1 aromatic carbocycles. The largest absolute Gasteiger partial charge is 0.348 e. The van der Waals surface area contributed by atoms with Crippen LogP contribution < -0.4 is 10.2 Å². The van der Waals surface area contributed by atoms with E-state index >= 15 is 0 Å². The SMILES string of the molecule is CN(C(=O)c1ccnc(C(=O)NC2CCCCC2)c1)c1ccccc1. The van der Waals surface area contributed by atoms with E-state index in [2.05, 4.69) is 10.3 Å². The molecule has 25 heavy (non-hydrogen) atoms. The third-order valence-electron chi connectivity index (χ3n) is 4.63. The third-order valence-corrected chi connectivity index (χ3v) is 4.63. The predicted octanol–water partition coefficient (Wildman–Crippen LogP) is 3.42. The second kappa shape index (κ2) is 7.92. The third kappa shape index (κ3) is 4.24. The predicted molar refractivity (Wildman–Crippen MR) is 97.8 cm³/mol. The maximum atomic E-state index is 12.7. The summed E-state index contributed by atoms with van der Waals surface area (Å²) in [5, 5.41) is 3.04. The Bertz CT molecular complexity index is 740. The molecule has 0 spiro atoms. The average molecular weight is 337 g/mol. The van der Waals surface area contributed by atoms with Crippen molar-refractivity contribution in [2.24, 2.45) is 0 Å². The fourth-order valence-corrected chi connectivity index (χ4v) is 3.16. The number of rotatable bonds is 4. The zero-order valence-corrected chi connectivity index (χ0v) is 14.4. The molecule has 130 valence electrons. The van der Waals surface area contributed by atoms with Crippen LogP contribution in [-0.4, -0.2) is 29.9 Å². The highest BCUT2D eigenvalue weighted by Gasteiger charge is 2.19. The number of anilines is 1. The van der Waals surface area contributed by atoms with Gasteiger partial charge in [0.1, 0.15) is 5.69 Å². The molecule has 1 N–H and O–H groups in total. The van der Waals surface area contributed by atoms with Crippen molar-refractivity contribution in [1.29, 1.82) is 0 Å². The highest BCUT2D eigenvalue weighted by molar-refractivity contribution is 6.06. The van der Waals surface area contributed by atoms with Crippen LogP contribution in [0.5, 0.6) is 0 Å². The smallest absolute Gasteiger partial charge is 0.270 e. The normalized spacial score (nSPS) is 14.8. The maximum Gasteiger partial charge on any atom is 0.270 e. The van der Waals surface area contributed by atoms with Crippen LogP contribution in [0.1, 0.15) is 53.0 Å². The number of nitrogens with one attached hydrogen (secondary N) is 1. The number of hydrogen-bond donors (Lipinski definition) is 1. The minimum absolute atomic E-state index is 0.166. The monoisotopic (exact) mass is 337 g/mol. The molecule has 3 rings (SSSR count). The number of pyridine rings is 1. The minimum atomic E-state index is -0.205. The van der Waals surface area contributed by atoms with E-state index < -0.39 is 0 Å². The first kappa shape index (κ1) is 17.1. The van der Waals surface area contributed by atoms with Gasteiger partial charge in [-0.05, 0) is 37.1 Å². The zero-order valence-electron chi connectivity index (χ0n) is 14.4. The summed E-state index contributed by atoms with van der Waals surface area (Å²) in [6, 6.07) is 12.8. The van der Waals surface area contributed by atoms with Crippen molar-refractivity contribution in [1.82, 2.24) is 10.3 Å². The zero-order chi connectivity index (χ0) is 17.6. The maximum absolute atomic E-state index is 12.7. The van der Waals surface area contributed by atoms with Crippen LogP contribution >= 0.6 is 0 Å². The molecule has 1 aliphatic carbocycles. The first-order chi connectivity index (χ1) is 12.1. The van der Waals surface area contributed by atoms with Crippen molar-refractivity contribution in [2.45, 2.75) is 38.1 Å². The number of hydrogen-bond acceptors (Lipinski definition) is 3. The Morgan fingerprint density at radius 1 is 1.08 bits per heavy atom. The highest BCUT2D eigenvalue weighted by Crippen LogP contribution is 2.18. The fraction of sp³-hybridized carbons (Fsp3) is 0.350. The Morgan fingerprint density at radius 3 is 2.52 bits per heavy atom. The molecule has 0 unspecified atom stereocenters. The first-order valence-electron chi connectivity index (χ1n) is 8.75. The fourth-order valence-electron chi connectivity index (χ4n) is 3.16. The highest BCUT2D eigenvalue weighted by atomic mass is 16.2. The Hall–Kier alpha value is -2.69. The van der Waals surface area contributed by atoms with Crippen molar-refractivity contribution < 1.29 is 9.59 Å². The Kier molecular flexibility index (Phi) is 5.43. The lowest BCUT2D eigenvalue weighted by Gasteiger charge is -2.22. The van der Waals surface area contributed by atoms with Gasteiger partial charge in [-0.1, -0.05) is 37.5 Å². The number of carbonyl (C=O) groups excluding carboxylic acids is 2. The van der Waals surface area contributed by atoms with Gasteiger partial charge in [-0.15, -0.1) is 0 Å². The second-order valence-electron chi connectivity index (χ2n) is 6.44. The number of aromatic nitrogens is 1. The van der Waals surface area contributed by atoms with Crippen molar-refractivity contribution in [2.75, 3.05) is 11.9 Å². The lowest BCUT2D eigenvalue weighted by molar-refractivity contribution is 0.0922. The molecule has 5 heteroatoms. The van der Waals surface area contributed by atoms with Gasteiger partial charge in [-0.3, -0.25) is 14.6 Å². The van der Waals surface area contributed by atoms with Crippen molar-refractivity contribution in [3.05, 3.63) is 59.9 Å². The van der Waals surface area contributed by atoms with Gasteiger partial charge in [0.25, 0.3) is 11.8 Å². The summed E-state index contributed by atoms with van der Waals surface area (Å²) in [6.45, 7) is 0. The number of amides is 2. The molecule has 2 amide bonds. The Balaban J connectivity index is 1.72. The van der Waals surface area contributed by atoms with Crippen molar-refractivity contribution in [3.8, 4) is 0 Å². The molecule has 0 bridgehead atoms. The van der Waals surface area contributed by atoms with E-state index in [1.165, 1.54) is 12.6 Å². The molecule has 0 atom stereocenters. The van der Waals surface area contributed by atoms with Crippen LogP contribution in [0.25, 0.3) is 0 Å². The molecule has 1 heterocycles. The van der Waals surface area contributed by atoms with Gasteiger partial charge in [0.15, 0.2) is 0 Å². The van der Waals surface area contributed by atoms with E-state index in [1.807, 2.05) is 30.3 Å². The summed E-state index contributed by atoms with van der Waals surface area (Å²) in [6.07, 6.45) is 7.09. The van der Waals surface area contributed by atoms with Crippen LogP contribution in [0.3, 0.4) is 0 Å². The molecular formula is C20H23N3O2. The molecule has 0 radical (unpaired) electrons. The van der Waals surface area contributed by atoms with E-state index in [9.17, 15) is 9.59 Å². The topological polar surface area (TPSA) is 62.3 Å². The molecular weight excluding hydrogens is 314 g/mol. The molecule has 2 aromatic rings. The summed E-state index contributed by atoms with van der Waals surface area (Å²) in [5.41, 5.74) is 1.55. The number of nitrogens with zero attached hydrogens (tertiary/aromatic N) is 2. The molecule has 1 fully saturated rings. The average Bonchev–Trinajstić information content (AvgIpc) is 2.68. The van der Waals surface area contributed by atoms with E-state index in [-0.39, 0.29) is 23.6 Å². The summed E-state index contributed by atoms with van der Waals surface area (Å²) in [4.78, 5) is 30.8. The molecule has 1 aliphatic rings. The van der Waals surface area contributed by atoms with Gasteiger partial charge in [0.05, 0.1) is 0 Å². The van der Waals surface area contributed by atoms with Crippen molar-refractivity contribution >= 4 is 17.5 Å². The van der Waals surface area contributed by atoms with E-state index in [4.69, 9.17) is 0 Å². The summed E-state index contributed by atoms with van der Waals surface area (Å²) in [7, 11) is 1.72. The van der Waals surface area contributed by atoms with Gasteiger partial charge < -0.3 is 10.2 Å². The number of para-hydroxylation sites is 1. The van der Waals surface area contributed by atoms with Gasteiger partial charge >= 0.3 is 0 Å². The Labute approximate surface area is 148 Å². The quantitative estimate of drug-likeness (QED) is 0.930. The van der Waals surface area contributed by atoms with Gasteiger partial charge in [-0.25, -0.2) is 0 Å². The first-order valence-corrected chi connectivity index (χ1v) is 8.75. The molecule has 1 saturated carbocycles. The van der Waals surface area contributed by atoms with Gasteiger partial charge in [0.2, 0.25) is 0 Å². The van der Waals surface area contributed by atoms with Crippen LogP contribution in [0.4, 0.5) is 5.69 Å². The van der Waals surface area contributed by atoms with Crippen LogP contribution in [0.15, 0.2) is 48.7 Å². The van der Waals surface area contributed by atoms with Crippen LogP contribution in [-0.2, 0) is 0 Å². The van der Waals surface area contributed by atoms with E-state index in [1.54, 1.807) is 24.1 Å². The second-order valence-corrected chi connectivity index (χ2v) is 6.44. The number of benzene rings is 1. The van der Waals surface area contributed by atoms with Crippen LogP contribution in [0.2, 0.25) is 0 Å². The lowest BCUT2D eigenvalue weighted by Crippen LogP contribution is -2.36. The van der Waals surface area contributed by atoms with Gasteiger partial charge in [-0.2, -0.15) is 0 Å². The molecule has 1 aromatic heterocycles.